The highest BCUT2D eigenvalue weighted by Crippen LogP contribution is 2.11. The lowest BCUT2D eigenvalue weighted by Gasteiger charge is -2.06. The number of pyridine rings is 1. The second-order valence-electron chi connectivity index (χ2n) is 6.31. The van der Waals surface area contributed by atoms with E-state index in [-0.39, 0.29) is 24.7 Å². The van der Waals surface area contributed by atoms with Gasteiger partial charge in [-0.3, -0.25) is 14.3 Å². The molecule has 3 heterocycles. The van der Waals surface area contributed by atoms with Crippen LogP contribution in [-0.2, 0) is 24.9 Å². The van der Waals surface area contributed by atoms with Crippen LogP contribution in [-0.4, -0.2) is 41.3 Å². The SMILES string of the molecule is Cn1c(-c2ccccn2)nn(CCNC(=O)Cn2cnc3ccccc32)c1=O. The molecular weight excluding hydrogens is 358 g/mol. The van der Waals surface area contributed by atoms with Crippen molar-refractivity contribution in [1.29, 1.82) is 0 Å². The van der Waals surface area contributed by atoms with Gasteiger partial charge in [-0.1, -0.05) is 18.2 Å². The summed E-state index contributed by atoms with van der Waals surface area (Å²) in [5.41, 5.74) is 2.11. The number of para-hydroxylation sites is 2. The van der Waals surface area contributed by atoms with Gasteiger partial charge in [0.1, 0.15) is 12.2 Å². The number of hydrogen-bond donors (Lipinski definition) is 1. The minimum Gasteiger partial charge on any atom is -0.353 e. The zero-order chi connectivity index (χ0) is 19.5. The summed E-state index contributed by atoms with van der Waals surface area (Å²) < 4.78 is 4.56. The average molecular weight is 377 g/mol. The minimum absolute atomic E-state index is 0.155. The maximum atomic E-state index is 12.4. The Kier molecular flexibility index (Phi) is 4.71. The Morgan fingerprint density at radius 3 is 2.75 bits per heavy atom. The second kappa shape index (κ2) is 7.47. The van der Waals surface area contributed by atoms with E-state index in [1.807, 2.05) is 30.3 Å². The van der Waals surface area contributed by atoms with Crippen molar-refractivity contribution in [3.05, 3.63) is 65.5 Å². The van der Waals surface area contributed by atoms with Crippen molar-refractivity contribution < 1.29 is 4.79 Å². The first-order valence-corrected chi connectivity index (χ1v) is 8.85. The van der Waals surface area contributed by atoms with Crippen LogP contribution in [0.2, 0.25) is 0 Å². The number of rotatable bonds is 6. The van der Waals surface area contributed by atoms with Gasteiger partial charge in [0, 0.05) is 19.8 Å². The quantitative estimate of drug-likeness (QED) is 0.536. The molecule has 28 heavy (non-hydrogen) atoms. The molecule has 1 aromatic carbocycles. The second-order valence-corrected chi connectivity index (χ2v) is 6.31. The van der Waals surface area contributed by atoms with Crippen LogP contribution in [0.5, 0.6) is 0 Å². The topological polar surface area (TPSA) is 99.6 Å². The van der Waals surface area contributed by atoms with E-state index >= 15 is 0 Å². The smallest absolute Gasteiger partial charge is 0.346 e. The van der Waals surface area contributed by atoms with Gasteiger partial charge in [-0.05, 0) is 24.3 Å². The summed E-state index contributed by atoms with van der Waals surface area (Å²) in [6.07, 6.45) is 3.30. The molecule has 4 aromatic rings. The Hall–Kier alpha value is -3.75. The third-order valence-electron chi connectivity index (χ3n) is 4.42. The third-order valence-corrected chi connectivity index (χ3v) is 4.42. The van der Waals surface area contributed by atoms with Gasteiger partial charge in [0.25, 0.3) is 0 Å². The van der Waals surface area contributed by atoms with Gasteiger partial charge in [-0.2, -0.15) is 0 Å². The van der Waals surface area contributed by atoms with E-state index in [0.29, 0.717) is 18.1 Å². The predicted octanol–water partition coefficient (Wildman–Crippen LogP) is 0.810. The molecule has 1 N–H and O–H groups in total. The molecule has 1 amide bonds. The Morgan fingerprint density at radius 1 is 1.11 bits per heavy atom. The Bertz CT molecular complexity index is 1170. The van der Waals surface area contributed by atoms with Gasteiger partial charge < -0.3 is 9.88 Å². The van der Waals surface area contributed by atoms with E-state index in [2.05, 4.69) is 20.4 Å². The van der Waals surface area contributed by atoms with Crippen LogP contribution >= 0.6 is 0 Å². The number of carbonyl (C=O) groups is 1. The molecule has 0 aliphatic rings. The largest absolute Gasteiger partial charge is 0.353 e. The van der Waals surface area contributed by atoms with Crippen LogP contribution in [0, 0.1) is 0 Å². The molecule has 0 radical (unpaired) electrons. The van der Waals surface area contributed by atoms with Gasteiger partial charge >= 0.3 is 5.69 Å². The number of fused-ring (bicyclic) bond motifs is 1. The first kappa shape index (κ1) is 17.7. The van der Waals surface area contributed by atoms with Crippen molar-refractivity contribution in [3.63, 3.8) is 0 Å². The van der Waals surface area contributed by atoms with Crippen molar-refractivity contribution in [2.75, 3.05) is 6.54 Å². The van der Waals surface area contributed by atoms with Gasteiger partial charge in [0.2, 0.25) is 5.91 Å². The van der Waals surface area contributed by atoms with E-state index in [0.717, 1.165) is 11.0 Å². The number of aromatic nitrogens is 6. The molecule has 0 unspecified atom stereocenters. The van der Waals surface area contributed by atoms with Crippen molar-refractivity contribution in [2.24, 2.45) is 7.05 Å². The number of nitrogens with zero attached hydrogens (tertiary/aromatic N) is 6. The lowest BCUT2D eigenvalue weighted by molar-refractivity contribution is -0.121. The third kappa shape index (κ3) is 3.41. The van der Waals surface area contributed by atoms with Gasteiger partial charge in [0.15, 0.2) is 5.82 Å². The molecular formula is C19H19N7O2. The van der Waals surface area contributed by atoms with E-state index in [1.165, 1.54) is 9.25 Å². The first-order chi connectivity index (χ1) is 13.6. The summed E-state index contributed by atoms with van der Waals surface area (Å²) in [6, 6.07) is 13.1. The van der Waals surface area contributed by atoms with Crippen molar-refractivity contribution in [3.8, 4) is 11.5 Å². The van der Waals surface area contributed by atoms with Crippen molar-refractivity contribution in [1.82, 2.24) is 34.2 Å². The van der Waals surface area contributed by atoms with E-state index < -0.39 is 0 Å². The number of nitrogens with one attached hydrogen (secondary N) is 1. The highest BCUT2D eigenvalue weighted by atomic mass is 16.2. The molecule has 0 saturated carbocycles. The van der Waals surface area contributed by atoms with E-state index in [4.69, 9.17) is 0 Å². The summed E-state index contributed by atoms with van der Waals surface area (Å²) in [5, 5.41) is 7.15. The van der Waals surface area contributed by atoms with E-state index in [1.54, 1.807) is 36.3 Å². The first-order valence-electron chi connectivity index (χ1n) is 8.85. The molecule has 0 aliphatic carbocycles. The molecule has 0 saturated heterocycles. The summed E-state index contributed by atoms with van der Waals surface area (Å²) in [4.78, 5) is 33.1. The van der Waals surface area contributed by atoms with Crippen LogP contribution in [0.3, 0.4) is 0 Å². The molecule has 0 bridgehead atoms. The molecule has 0 fully saturated rings. The van der Waals surface area contributed by atoms with Crippen LogP contribution in [0.1, 0.15) is 0 Å². The minimum atomic E-state index is -0.254. The Labute approximate surface area is 160 Å². The molecule has 0 spiro atoms. The fourth-order valence-electron chi connectivity index (χ4n) is 3.00. The molecule has 9 heteroatoms. The van der Waals surface area contributed by atoms with Crippen LogP contribution in [0.15, 0.2) is 59.8 Å². The van der Waals surface area contributed by atoms with Crippen molar-refractivity contribution >= 4 is 16.9 Å². The van der Waals surface area contributed by atoms with E-state index in [9.17, 15) is 9.59 Å². The lowest BCUT2D eigenvalue weighted by atomic mass is 10.3. The maximum Gasteiger partial charge on any atom is 0.346 e. The van der Waals surface area contributed by atoms with Crippen molar-refractivity contribution in [2.45, 2.75) is 13.1 Å². The predicted molar refractivity (Wildman–Crippen MR) is 103 cm³/mol. The van der Waals surface area contributed by atoms with Gasteiger partial charge in [-0.25, -0.2) is 14.5 Å². The standard InChI is InChI=1S/C19H19N7O2/c1-24-18(15-7-4-5-9-20-15)23-26(19(24)28)11-10-21-17(27)12-25-13-22-14-6-2-3-8-16(14)25/h2-9,13H,10-12H2,1H3,(H,21,27). The number of benzene rings is 1. The average Bonchev–Trinajstić information content (AvgIpc) is 3.25. The Morgan fingerprint density at radius 2 is 1.93 bits per heavy atom. The summed E-state index contributed by atoms with van der Waals surface area (Å²) in [6.45, 7) is 0.733. The summed E-state index contributed by atoms with van der Waals surface area (Å²) >= 11 is 0. The molecule has 3 aromatic heterocycles. The monoisotopic (exact) mass is 377 g/mol. The summed E-state index contributed by atoms with van der Waals surface area (Å²) in [5.74, 6) is 0.332. The van der Waals surface area contributed by atoms with Gasteiger partial charge in [0.05, 0.1) is 23.9 Å². The Balaban J connectivity index is 1.39. The van der Waals surface area contributed by atoms with Crippen LogP contribution in [0.25, 0.3) is 22.6 Å². The number of hydrogen-bond acceptors (Lipinski definition) is 5. The van der Waals surface area contributed by atoms with Crippen LogP contribution in [0.4, 0.5) is 0 Å². The number of amides is 1. The highest BCUT2D eigenvalue weighted by molar-refractivity contribution is 5.80. The zero-order valence-electron chi connectivity index (χ0n) is 15.3. The number of carbonyl (C=O) groups excluding carboxylic acids is 1. The van der Waals surface area contributed by atoms with Gasteiger partial charge in [-0.15, -0.1) is 5.10 Å². The molecule has 4 rings (SSSR count). The summed E-state index contributed by atoms with van der Waals surface area (Å²) in [7, 11) is 1.65. The fourth-order valence-corrected chi connectivity index (χ4v) is 3.00. The molecule has 9 nitrogen and oxygen atoms in total. The number of imidazole rings is 1. The maximum absolute atomic E-state index is 12.4. The molecule has 142 valence electrons. The van der Waals surface area contributed by atoms with Crippen LogP contribution < -0.4 is 11.0 Å². The zero-order valence-corrected chi connectivity index (χ0v) is 15.3. The molecule has 0 atom stereocenters. The lowest BCUT2D eigenvalue weighted by Crippen LogP contribution is -2.33. The fraction of sp³-hybridized carbons (Fsp3) is 0.211. The normalized spacial score (nSPS) is 11.0. The highest BCUT2D eigenvalue weighted by Gasteiger charge is 2.13. The molecule has 0 aliphatic heterocycles.